The molecule has 1 aromatic heterocycles. The Morgan fingerprint density at radius 2 is 1.86 bits per heavy atom. The molecule has 6 nitrogen and oxygen atoms in total. The molecular weight excluding hydrogens is 382 g/mol. The van der Waals surface area contributed by atoms with Crippen LogP contribution in [0.15, 0.2) is 59.8 Å². The van der Waals surface area contributed by atoms with Crippen LogP contribution >= 0.6 is 11.8 Å². The van der Waals surface area contributed by atoms with Crippen molar-refractivity contribution < 1.29 is 4.79 Å². The minimum absolute atomic E-state index is 0.0513. The topological polar surface area (TPSA) is 71.8 Å². The summed E-state index contributed by atoms with van der Waals surface area (Å²) in [4.78, 5) is 13.2. The largest absolute Gasteiger partial charge is 0.325 e. The molecule has 0 radical (unpaired) electrons. The van der Waals surface area contributed by atoms with Gasteiger partial charge in [0.25, 0.3) is 0 Å². The molecule has 2 aromatic carbocycles. The highest BCUT2D eigenvalue weighted by Gasteiger charge is 2.37. The predicted octanol–water partition coefficient (Wildman–Crippen LogP) is 4.19. The maximum Gasteiger partial charge on any atom is 0.240 e. The molecule has 2 atom stereocenters. The molecule has 3 aromatic rings. The van der Waals surface area contributed by atoms with E-state index in [4.69, 9.17) is 0 Å². The number of anilines is 1. The molecule has 0 spiro atoms. The zero-order valence-electron chi connectivity index (χ0n) is 16.6. The van der Waals surface area contributed by atoms with Crippen molar-refractivity contribution in [2.75, 3.05) is 10.7 Å². The van der Waals surface area contributed by atoms with Crippen LogP contribution in [0.4, 0.5) is 5.69 Å². The third-order valence-corrected chi connectivity index (χ3v) is 6.24. The van der Waals surface area contributed by atoms with Crippen LogP contribution in [0.25, 0.3) is 0 Å². The van der Waals surface area contributed by atoms with E-state index >= 15 is 0 Å². The van der Waals surface area contributed by atoms with Crippen LogP contribution in [0, 0.1) is 0 Å². The Morgan fingerprint density at radius 3 is 2.55 bits per heavy atom. The fourth-order valence-electron chi connectivity index (χ4n) is 3.43. The van der Waals surface area contributed by atoms with E-state index in [1.165, 1.54) is 17.3 Å². The van der Waals surface area contributed by atoms with E-state index in [0.717, 1.165) is 41.5 Å². The number of benzene rings is 2. The number of carbonyl (C=O) groups excluding carboxylic acids is 1. The van der Waals surface area contributed by atoms with Gasteiger partial charge in [0.2, 0.25) is 11.1 Å². The van der Waals surface area contributed by atoms with Crippen LogP contribution in [0.1, 0.15) is 43.3 Å². The number of hydrogen-bond donors (Lipinski definition) is 2. The number of fused-ring (bicyclic) bond motifs is 1. The van der Waals surface area contributed by atoms with Crippen LogP contribution in [-0.2, 0) is 17.6 Å². The Bertz CT molecular complexity index is 971. The van der Waals surface area contributed by atoms with E-state index in [1.807, 2.05) is 35.0 Å². The summed E-state index contributed by atoms with van der Waals surface area (Å²) in [5, 5.41) is 12.0. The van der Waals surface area contributed by atoms with Crippen molar-refractivity contribution in [3.05, 3.63) is 71.5 Å². The fourth-order valence-corrected chi connectivity index (χ4v) is 4.53. The van der Waals surface area contributed by atoms with Crippen LogP contribution in [-0.4, -0.2) is 26.0 Å². The molecule has 1 amide bonds. The van der Waals surface area contributed by atoms with Crippen LogP contribution < -0.4 is 10.7 Å². The van der Waals surface area contributed by atoms with Crippen LogP contribution in [0.3, 0.4) is 0 Å². The third-order valence-electron chi connectivity index (χ3n) is 5.02. The van der Waals surface area contributed by atoms with Crippen LogP contribution in [0.5, 0.6) is 0 Å². The molecule has 1 aliphatic heterocycles. The second-order valence-corrected chi connectivity index (χ2v) is 8.19. The number of para-hydroxylation sites is 1. The number of aryl methyl sites for hydroxylation is 2. The number of carbonyl (C=O) groups is 1. The lowest BCUT2D eigenvalue weighted by Gasteiger charge is -2.33. The average Bonchev–Trinajstić information content (AvgIpc) is 3.16. The van der Waals surface area contributed by atoms with E-state index in [1.54, 1.807) is 0 Å². The van der Waals surface area contributed by atoms with E-state index in [2.05, 4.69) is 59.1 Å². The summed E-state index contributed by atoms with van der Waals surface area (Å²) in [6, 6.07) is 17.8. The quantitative estimate of drug-likeness (QED) is 0.641. The van der Waals surface area contributed by atoms with Gasteiger partial charge in [-0.1, -0.05) is 68.1 Å². The Kier molecular flexibility index (Phi) is 5.85. The van der Waals surface area contributed by atoms with Crippen molar-refractivity contribution in [1.82, 2.24) is 14.9 Å². The summed E-state index contributed by atoms with van der Waals surface area (Å²) in [6.45, 7) is 4.26. The second kappa shape index (κ2) is 8.69. The molecule has 2 heterocycles. The summed E-state index contributed by atoms with van der Waals surface area (Å²) in [7, 11) is 0. The molecule has 29 heavy (non-hydrogen) atoms. The van der Waals surface area contributed by atoms with Gasteiger partial charge < -0.3 is 10.7 Å². The second-order valence-electron chi connectivity index (χ2n) is 7.08. The number of rotatable bonds is 6. The lowest BCUT2D eigenvalue weighted by Crippen LogP contribution is -2.41. The Balaban J connectivity index is 1.66. The highest BCUT2D eigenvalue weighted by molar-refractivity contribution is 8.00. The monoisotopic (exact) mass is 407 g/mol. The molecule has 150 valence electrons. The predicted molar refractivity (Wildman–Crippen MR) is 117 cm³/mol. The maximum atomic E-state index is 13.2. The first kappa shape index (κ1) is 19.5. The molecule has 0 bridgehead atoms. The summed E-state index contributed by atoms with van der Waals surface area (Å²) < 4.78 is 1.94. The first-order valence-corrected chi connectivity index (χ1v) is 10.9. The average molecular weight is 408 g/mol. The van der Waals surface area contributed by atoms with E-state index in [9.17, 15) is 4.79 Å². The zero-order chi connectivity index (χ0) is 20.2. The van der Waals surface area contributed by atoms with Gasteiger partial charge in [0.1, 0.15) is 5.25 Å². The normalized spacial score (nSPS) is 18.0. The Hall–Kier alpha value is -2.80. The van der Waals surface area contributed by atoms with Crippen molar-refractivity contribution >= 4 is 23.4 Å². The Labute approximate surface area is 175 Å². The van der Waals surface area contributed by atoms with Crippen LogP contribution in [0.2, 0.25) is 0 Å². The number of hydrogen-bond acceptors (Lipinski definition) is 5. The van der Waals surface area contributed by atoms with Crippen molar-refractivity contribution in [3.8, 4) is 0 Å². The minimum atomic E-state index is -0.367. The molecule has 2 unspecified atom stereocenters. The SMILES string of the molecule is CCCc1nnc2n1NC(c1ccc(CC)cc1)C(C(=O)Nc1ccccc1)S2. The van der Waals surface area contributed by atoms with E-state index in [0.29, 0.717) is 0 Å². The maximum absolute atomic E-state index is 13.2. The highest BCUT2D eigenvalue weighted by atomic mass is 32.2. The van der Waals surface area contributed by atoms with E-state index in [-0.39, 0.29) is 17.2 Å². The van der Waals surface area contributed by atoms with Crippen molar-refractivity contribution in [2.24, 2.45) is 0 Å². The fraction of sp³-hybridized carbons (Fsp3) is 0.318. The molecule has 0 fully saturated rings. The van der Waals surface area contributed by atoms with Gasteiger partial charge in [-0.05, 0) is 36.1 Å². The number of amides is 1. The molecule has 0 saturated heterocycles. The lowest BCUT2D eigenvalue weighted by atomic mass is 10.0. The lowest BCUT2D eigenvalue weighted by molar-refractivity contribution is -0.116. The molecular formula is C22H25N5OS. The van der Waals surface area contributed by atoms with Gasteiger partial charge in [-0.15, -0.1) is 10.2 Å². The summed E-state index contributed by atoms with van der Waals surface area (Å²) in [5.74, 6) is 0.844. The molecule has 1 aliphatic rings. The standard InChI is InChI=1S/C22H25N5OS/c1-3-8-18-24-25-22-27(18)26-19(16-13-11-15(4-2)12-14-16)20(29-22)21(28)23-17-9-6-5-7-10-17/h5-7,9-14,19-20,26H,3-4,8H2,1-2H3,(H,23,28). The molecule has 7 heteroatoms. The highest BCUT2D eigenvalue weighted by Crippen LogP contribution is 2.37. The number of nitrogens with zero attached hydrogens (tertiary/aromatic N) is 3. The number of thioether (sulfide) groups is 1. The first-order valence-electron chi connectivity index (χ1n) is 10.0. The molecule has 4 rings (SSSR count). The van der Waals surface area contributed by atoms with Gasteiger partial charge in [-0.3, -0.25) is 4.79 Å². The summed E-state index contributed by atoms with van der Waals surface area (Å²) in [6.07, 6.45) is 2.81. The number of aromatic nitrogens is 3. The van der Waals surface area contributed by atoms with Gasteiger partial charge in [0, 0.05) is 12.1 Å². The summed E-state index contributed by atoms with van der Waals surface area (Å²) >= 11 is 1.46. The van der Waals surface area contributed by atoms with Gasteiger partial charge in [-0.25, -0.2) is 4.68 Å². The smallest absolute Gasteiger partial charge is 0.240 e. The molecule has 0 aliphatic carbocycles. The van der Waals surface area contributed by atoms with Crippen molar-refractivity contribution in [3.63, 3.8) is 0 Å². The van der Waals surface area contributed by atoms with Gasteiger partial charge in [-0.2, -0.15) is 0 Å². The number of nitrogens with one attached hydrogen (secondary N) is 2. The molecule has 0 saturated carbocycles. The third kappa shape index (κ3) is 4.15. The first-order chi connectivity index (χ1) is 14.2. The van der Waals surface area contributed by atoms with Gasteiger partial charge >= 0.3 is 0 Å². The van der Waals surface area contributed by atoms with Gasteiger partial charge in [0.15, 0.2) is 5.82 Å². The molecule has 2 N–H and O–H groups in total. The van der Waals surface area contributed by atoms with Crippen molar-refractivity contribution in [2.45, 2.75) is 49.6 Å². The zero-order valence-corrected chi connectivity index (χ0v) is 17.4. The Morgan fingerprint density at radius 1 is 1.10 bits per heavy atom. The van der Waals surface area contributed by atoms with E-state index < -0.39 is 0 Å². The summed E-state index contributed by atoms with van der Waals surface area (Å²) in [5.41, 5.74) is 6.65. The van der Waals surface area contributed by atoms with Crippen molar-refractivity contribution in [1.29, 1.82) is 0 Å². The minimum Gasteiger partial charge on any atom is -0.325 e. The van der Waals surface area contributed by atoms with Gasteiger partial charge in [0.05, 0.1) is 6.04 Å².